The highest BCUT2D eigenvalue weighted by Crippen LogP contribution is 2.25. The number of rotatable bonds is 2. The van der Waals surface area contributed by atoms with Crippen molar-refractivity contribution in [3.05, 3.63) is 48.5 Å². The summed E-state index contributed by atoms with van der Waals surface area (Å²) >= 11 is 0. The number of aromatic nitrogens is 1. The van der Waals surface area contributed by atoms with Crippen LogP contribution in [-0.4, -0.2) is 19.7 Å². The molecule has 0 atom stereocenters. The van der Waals surface area contributed by atoms with Crippen LogP contribution in [0, 0.1) is 0 Å². The maximum absolute atomic E-state index is 11.5. The van der Waals surface area contributed by atoms with E-state index in [0.29, 0.717) is 17.0 Å². The molecule has 0 bridgehead atoms. The van der Waals surface area contributed by atoms with Crippen LogP contribution in [0.4, 0.5) is 0 Å². The minimum atomic E-state index is -3.23. The first-order chi connectivity index (χ1) is 9.04. The average molecular weight is 273 g/mol. The summed E-state index contributed by atoms with van der Waals surface area (Å²) in [4.78, 5) is 4.60. The number of para-hydroxylation sites is 2. The van der Waals surface area contributed by atoms with Crippen LogP contribution >= 0.6 is 0 Å². The topological polar surface area (TPSA) is 60.2 Å². The summed E-state index contributed by atoms with van der Waals surface area (Å²) < 4.78 is 28.7. The molecule has 5 heteroatoms. The number of benzene rings is 2. The highest BCUT2D eigenvalue weighted by atomic mass is 32.2. The molecule has 1 heterocycles. The monoisotopic (exact) mass is 273 g/mol. The predicted molar refractivity (Wildman–Crippen MR) is 72.6 cm³/mol. The van der Waals surface area contributed by atoms with Gasteiger partial charge in [0.25, 0.3) is 0 Å². The summed E-state index contributed by atoms with van der Waals surface area (Å²) in [5.74, 6) is 0.423. The Morgan fingerprint density at radius 2 is 1.84 bits per heavy atom. The number of nitrogens with zero attached hydrogens (tertiary/aromatic N) is 1. The number of hydrogen-bond acceptors (Lipinski definition) is 4. The molecule has 0 spiro atoms. The number of oxazole rings is 1. The molecular formula is C14H11NO3S. The lowest BCUT2D eigenvalue weighted by Crippen LogP contribution is -1.96. The van der Waals surface area contributed by atoms with Gasteiger partial charge in [0, 0.05) is 11.8 Å². The van der Waals surface area contributed by atoms with Gasteiger partial charge in [0.2, 0.25) is 5.89 Å². The van der Waals surface area contributed by atoms with Crippen molar-refractivity contribution in [3.8, 4) is 11.5 Å². The highest BCUT2D eigenvalue weighted by molar-refractivity contribution is 7.90. The van der Waals surface area contributed by atoms with E-state index in [1.54, 1.807) is 24.3 Å². The molecule has 96 valence electrons. The first-order valence-electron chi connectivity index (χ1n) is 5.70. The summed E-state index contributed by atoms with van der Waals surface area (Å²) in [6.07, 6.45) is 1.18. The molecular weight excluding hydrogens is 262 g/mol. The van der Waals surface area contributed by atoms with Gasteiger partial charge in [-0.25, -0.2) is 13.4 Å². The van der Waals surface area contributed by atoms with Crippen molar-refractivity contribution in [2.75, 3.05) is 6.26 Å². The smallest absolute Gasteiger partial charge is 0.227 e. The maximum atomic E-state index is 11.5. The van der Waals surface area contributed by atoms with Gasteiger partial charge in [-0.3, -0.25) is 0 Å². The van der Waals surface area contributed by atoms with E-state index >= 15 is 0 Å². The standard InChI is InChI=1S/C14H11NO3S/c1-19(16,17)11-6-4-5-10(9-11)14-15-12-7-2-3-8-13(12)18-14/h2-9H,1H3. The molecule has 3 aromatic rings. The van der Waals surface area contributed by atoms with E-state index in [1.807, 2.05) is 24.3 Å². The summed E-state index contributed by atoms with van der Waals surface area (Å²) in [7, 11) is -3.23. The molecule has 0 aliphatic heterocycles. The number of sulfone groups is 1. The fourth-order valence-corrected chi connectivity index (χ4v) is 2.52. The Hall–Kier alpha value is -2.14. The highest BCUT2D eigenvalue weighted by Gasteiger charge is 2.12. The Morgan fingerprint density at radius 3 is 2.58 bits per heavy atom. The third-order valence-corrected chi connectivity index (χ3v) is 3.91. The van der Waals surface area contributed by atoms with Crippen molar-refractivity contribution < 1.29 is 12.8 Å². The van der Waals surface area contributed by atoms with Gasteiger partial charge in [0.15, 0.2) is 15.4 Å². The van der Waals surface area contributed by atoms with E-state index in [2.05, 4.69) is 4.98 Å². The van der Waals surface area contributed by atoms with Gasteiger partial charge >= 0.3 is 0 Å². The summed E-state index contributed by atoms with van der Waals surface area (Å²) in [6, 6.07) is 14.0. The van der Waals surface area contributed by atoms with E-state index in [-0.39, 0.29) is 4.90 Å². The van der Waals surface area contributed by atoms with E-state index in [1.165, 1.54) is 6.26 Å². The zero-order valence-corrected chi connectivity index (χ0v) is 11.0. The molecule has 0 aliphatic carbocycles. The minimum Gasteiger partial charge on any atom is -0.436 e. The van der Waals surface area contributed by atoms with Crippen molar-refractivity contribution in [1.82, 2.24) is 4.98 Å². The molecule has 0 saturated carbocycles. The lowest BCUT2D eigenvalue weighted by Gasteiger charge is -2.00. The number of hydrogen-bond donors (Lipinski definition) is 0. The average Bonchev–Trinajstić information content (AvgIpc) is 2.81. The molecule has 0 N–H and O–H groups in total. The zero-order valence-electron chi connectivity index (χ0n) is 10.2. The first-order valence-corrected chi connectivity index (χ1v) is 7.59. The Morgan fingerprint density at radius 1 is 1.05 bits per heavy atom. The predicted octanol–water partition coefficient (Wildman–Crippen LogP) is 2.90. The van der Waals surface area contributed by atoms with E-state index in [4.69, 9.17) is 4.42 Å². The summed E-state index contributed by atoms with van der Waals surface area (Å²) in [5, 5.41) is 0. The van der Waals surface area contributed by atoms with E-state index in [9.17, 15) is 8.42 Å². The SMILES string of the molecule is CS(=O)(=O)c1cccc(-c2nc3ccccc3o2)c1. The molecule has 0 unspecified atom stereocenters. The van der Waals surface area contributed by atoms with Crippen LogP contribution in [0.2, 0.25) is 0 Å². The van der Waals surface area contributed by atoms with Crippen molar-refractivity contribution in [1.29, 1.82) is 0 Å². The molecule has 0 fully saturated rings. The molecule has 0 saturated heterocycles. The first kappa shape index (κ1) is 11.9. The van der Waals surface area contributed by atoms with Crippen molar-refractivity contribution in [2.45, 2.75) is 4.90 Å². The Kier molecular flexibility index (Phi) is 2.64. The van der Waals surface area contributed by atoms with Crippen LogP contribution in [0.15, 0.2) is 57.8 Å². The van der Waals surface area contributed by atoms with Crippen molar-refractivity contribution >= 4 is 20.9 Å². The van der Waals surface area contributed by atoms with Gasteiger partial charge in [-0.1, -0.05) is 18.2 Å². The van der Waals surface area contributed by atoms with E-state index in [0.717, 1.165) is 5.52 Å². The largest absolute Gasteiger partial charge is 0.436 e. The lowest BCUT2D eigenvalue weighted by atomic mass is 10.2. The van der Waals surface area contributed by atoms with Crippen LogP contribution < -0.4 is 0 Å². The van der Waals surface area contributed by atoms with Gasteiger partial charge in [-0.2, -0.15) is 0 Å². The summed E-state index contributed by atoms with van der Waals surface area (Å²) in [5.41, 5.74) is 2.09. The Bertz CT molecular complexity index is 817. The normalized spacial score (nSPS) is 11.8. The molecule has 2 aromatic carbocycles. The van der Waals surface area contributed by atoms with Gasteiger partial charge < -0.3 is 4.42 Å². The van der Waals surface area contributed by atoms with E-state index < -0.39 is 9.84 Å². The molecule has 0 radical (unpaired) electrons. The fourth-order valence-electron chi connectivity index (χ4n) is 1.86. The Balaban J connectivity index is 2.16. The van der Waals surface area contributed by atoms with Gasteiger partial charge in [0.1, 0.15) is 5.52 Å². The molecule has 3 rings (SSSR count). The molecule has 1 aromatic heterocycles. The van der Waals surface area contributed by atoms with Crippen molar-refractivity contribution in [3.63, 3.8) is 0 Å². The molecule has 0 amide bonds. The maximum Gasteiger partial charge on any atom is 0.227 e. The molecule has 0 aliphatic rings. The second kappa shape index (κ2) is 4.20. The Labute approximate surface area is 110 Å². The lowest BCUT2D eigenvalue weighted by molar-refractivity contribution is 0.601. The van der Waals surface area contributed by atoms with Crippen LogP contribution in [0.1, 0.15) is 0 Å². The second-order valence-electron chi connectivity index (χ2n) is 4.29. The molecule has 19 heavy (non-hydrogen) atoms. The van der Waals surface area contributed by atoms with Crippen LogP contribution in [0.25, 0.3) is 22.6 Å². The van der Waals surface area contributed by atoms with Crippen LogP contribution in [-0.2, 0) is 9.84 Å². The van der Waals surface area contributed by atoms with Gasteiger partial charge in [-0.05, 0) is 30.3 Å². The fraction of sp³-hybridized carbons (Fsp3) is 0.0714. The number of fused-ring (bicyclic) bond motifs is 1. The quantitative estimate of drug-likeness (QED) is 0.720. The summed E-state index contributed by atoms with van der Waals surface area (Å²) in [6.45, 7) is 0. The van der Waals surface area contributed by atoms with Crippen LogP contribution in [0.3, 0.4) is 0 Å². The minimum absolute atomic E-state index is 0.257. The zero-order chi connectivity index (χ0) is 13.5. The third-order valence-electron chi connectivity index (χ3n) is 2.80. The van der Waals surface area contributed by atoms with Crippen LogP contribution in [0.5, 0.6) is 0 Å². The van der Waals surface area contributed by atoms with Gasteiger partial charge in [-0.15, -0.1) is 0 Å². The van der Waals surface area contributed by atoms with Gasteiger partial charge in [0.05, 0.1) is 4.90 Å². The van der Waals surface area contributed by atoms with Crippen molar-refractivity contribution in [2.24, 2.45) is 0 Å². The molecule has 4 nitrogen and oxygen atoms in total. The second-order valence-corrected chi connectivity index (χ2v) is 6.30. The third kappa shape index (κ3) is 2.24.